The van der Waals surface area contributed by atoms with Crippen LogP contribution in [0.1, 0.15) is 6.92 Å². The van der Waals surface area contributed by atoms with Gasteiger partial charge in [-0.15, -0.1) is 0 Å². The summed E-state index contributed by atoms with van der Waals surface area (Å²) in [5.41, 5.74) is 0. The number of methoxy groups -OCH3 is 1. The van der Waals surface area contributed by atoms with Crippen LogP contribution >= 0.6 is 0 Å². The van der Waals surface area contributed by atoms with Crippen molar-refractivity contribution in [1.29, 1.82) is 0 Å². The second-order valence-corrected chi connectivity index (χ2v) is 2.54. The first-order valence-corrected chi connectivity index (χ1v) is 3.64. The molecule has 5 nitrogen and oxygen atoms in total. The summed E-state index contributed by atoms with van der Waals surface area (Å²) in [6, 6.07) is 0. The van der Waals surface area contributed by atoms with Crippen LogP contribution in [0.25, 0.3) is 0 Å². The number of carbonyl (C=O) groups excluding carboxylic acids is 1. The molecule has 5 heteroatoms. The molecule has 1 unspecified atom stereocenters. The van der Waals surface area contributed by atoms with Gasteiger partial charge in [-0.05, 0) is 0 Å². The lowest BCUT2D eigenvalue weighted by Gasteiger charge is -2.07. The molecular weight excluding hydrogens is 158 g/mol. The zero-order valence-corrected chi connectivity index (χ0v) is 7.10. The van der Waals surface area contributed by atoms with E-state index in [-0.39, 0.29) is 11.9 Å². The van der Waals surface area contributed by atoms with Crippen molar-refractivity contribution in [3.05, 3.63) is 12.7 Å². The third-order valence-electron chi connectivity index (χ3n) is 1.53. The number of esters is 1. The van der Waals surface area contributed by atoms with Gasteiger partial charge in [-0.2, -0.15) is 5.10 Å². The molecular formula is C7H11N3O2. The Kier molecular flexibility index (Phi) is 2.79. The van der Waals surface area contributed by atoms with Gasteiger partial charge in [0.25, 0.3) is 0 Å². The lowest BCUT2D eigenvalue weighted by Crippen LogP contribution is -2.18. The summed E-state index contributed by atoms with van der Waals surface area (Å²) in [5.74, 6) is -0.415. The number of carbonyl (C=O) groups is 1. The first-order chi connectivity index (χ1) is 5.74. The molecule has 0 amide bonds. The van der Waals surface area contributed by atoms with E-state index in [2.05, 4.69) is 14.8 Å². The summed E-state index contributed by atoms with van der Waals surface area (Å²) in [6.07, 6.45) is 3.00. The zero-order valence-electron chi connectivity index (χ0n) is 7.10. The molecule has 0 aliphatic rings. The minimum atomic E-state index is -0.231. The van der Waals surface area contributed by atoms with Crippen molar-refractivity contribution in [2.75, 3.05) is 7.11 Å². The van der Waals surface area contributed by atoms with Crippen molar-refractivity contribution in [2.24, 2.45) is 5.92 Å². The van der Waals surface area contributed by atoms with Crippen LogP contribution in [0.4, 0.5) is 0 Å². The Morgan fingerprint density at radius 3 is 3.00 bits per heavy atom. The van der Waals surface area contributed by atoms with E-state index in [0.717, 1.165) is 0 Å². The van der Waals surface area contributed by atoms with E-state index < -0.39 is 0 Å². The smallest absolute Gasteiger partial charge is 0.310 e. The van der Waals surface area contributed by atoms with E-state index in [0.29, 0.717) is 6.54 Å². The molecule has 0 saturated heterocycles. The average molecular weight is 169 g/mol. The fourth-order valence-electron chi connectivity index (χ4n) is 0.883. The SMILES string of the molecule is COC(=O)C(C)Cn1cncn1. The Morgan fingerprint density at radius 1 is 1.75 bits per heavy atom. The molecule has 1 atom stereocenters. The molecule has 0 aliphatic heterocycles. The minimum absolute atomic E-state index is 0.184. The van der Waals surface area contributed by atoms with E-state index in [9.17, 15) is 4.79 Å². The van der Waals surface area contributed by atoms with Gasteiger partial charge in [-0.1, -0.05) is 6.92 Å². The zero-order chi connectivity index (χ0) is 8.97. The second kappa shape index (κ2) is 3.85. The summed E-state index contributed by atoms with van der Waals surface area (Å²) in [5, 5.41) is 3.87. The molecule has 1 aromatic heterocycles. The molecule has 1 rings (SSSR count). The van der Waals surface area contributed by atoms with Crippen LogP contribution in [-0.4, -0.2) is 27.8 Å². The standard InChI is InChI=1S/C7H11N3O2/c1-6(7(11)12-2)3-10-5-8-4-9-10/h4-6H,3H2,1-2H3. The number of ether oxygens (including phenoxy) is 1. The van der Waals surface area contributed by atoms with Crippen LogP contribution in [0.15, 0.2) is 12.7 Å². The molecule has 0 saturated carbocycles. The van der Waals surface area contributed by atoms with Crippen molar-refractivity contribution in [3.63, 3.8) is 0 Å². The van der Waals surface area contributed by atoms with Crippen molar-refractivity contribution in [2.45, 2.75) is 13.5 Å². The van der Waals surface area contributed by atoms with Gasteiger partial charge < -0.3 is 4.74 Å². The summed E-state index contributed by atoms with van der Waals surface area (Å²) >= 11 is 0. The van der Waals surface area contributed by atoms with Crippen LogP contribution in [0, 0.1) is 5.92 Å². The maximum atomic E-state index is 11.0. The highest BCUT2D eigenvalue weighted by Crippen LogP contribution is 2.00. The molecule has 0 spiro atoms. The summed E-state index contributed by atoms with van der Waals surface area (Å²) in [6.45, 7) is 2.29. The van der Waals surface area contributed by atoms with Crippen molar-refractivity contribution < 1.29 is 9.53 Å². The Balaban J connectivity index is 2.47. The van der Waals surface area contributed by atoms with E-state index in [1.165, 1.54) is 13.4 Å². The van der Waals surface area contributed by atoms with Crippen LogP contribution in [-0.2, 0) is 16.1 Å². The number of hydrogen-bond acceptors (Lipinski definition) is 4. The molecule has 0 aliphatic carbocycles. The summed E-state index contributed by atoms with van der Waals surface area (Å²) < 4.78 is 6.16. The highest BCUT2D eigenvalue weighted by molar-refractivity contribution is 5.71. The number of nitrogens with zero attached hydrogens (tertiary/aromatic N) is 3. The molecule has 0 fully saturated rings. The molecule has 1 heterocycles. The fourth-order valence-corrected chi connectivity index (χ4v) is 0.883. The third kappa shape index (κ3) is 2.05. The molecule has 0 aromatic carbocycles. The Morgan fingerprint density at radius 2 is 2.50 bits per heavy atom. The quantitative estimate of drug-likeness (QED) is 0.601. The Bertz CT molecular complexity index is 245. The topological polar surface area (TPSA) is 57.0 Å². The summed E-state index contributed by atoms with van der Waals surface area (Å²) in [4.78, 5) is 14.7. The van der Waals surface area contributed by atoms with Gasteiger partial charge in [0.1, 0.15) is 12.7 Å². The maximum Gasteiger partial charge on any atom is 0.310 e. The van der Waals surface area contributed by atoms with Crippen LogP contribution in [0.2, 0.25) is 0 Å². The van der Waals surface area contributed by atoms with Gasteiger partial charge in [0.05, 0.1) is 19.6 Å². The van der Waals surface area contributed by atoms with Gasteiger partial charge >= 0.3 is 5.97 Å². The van der Waals surface area contributed by atoms with E-state index in [4.69, 9.17) is 0 Å². The largest absolute Gasteiger partial charge is 0.469 e. The molecule has 1 aromatic rings. The predicted molar refractivity (Wildman–Crippen MR) is 41.2 cm³/mol. The first kappa shape index (κ1) is 8.70. The minimum Gasteiger partial charge on any atom is -0.469 e. The molecule has 66 valence electrons. The van der Waals surface area contributed by atoms with Crippen molar-refractivity contribution in [1.82, 2.24) is 14.8 Å². The van der Waals surface area contributed by atoms with Gasteiger partial charge in [-0.3, -0.25) is 9.48 Å². The fraction of sp³-hybridized carbons (Fsp3) is 0.571. The van der Waals surface area contributed by atoms with Crippen molar-refractivity contribution in [3.8, 4) is 0 Å². The van der Waals surface area contributed by atoms with Crippen LogP contribution < -0.4 is 0 Å². The molecule has 0 radical (unpaired) electrons. The Labute approximate surface area is 70.4 Å². The molecule has 0 N–H and O–H groups in total. The summed E-state index contributed by atoms with van der Waals surface area (Å²) in [7, 11) is 1.38. The Hall–Kier alpha value is -1.39. The van der Waals surface area contributed by atoms with Gasteiger partial charge in [-0.25, -0.2) is 4.98 Å². The molecule has 12 heavy (non-hydrogen) atoms. The first-order valence-electron chi connectivity index (χ1n) is 3.64. The third-order valence-corrected chi connectivity index (χ3v) is 1.53. The van der Waals surface area contributed by atoms with E-state index in [1.807, 2.05) is 0 Å². The highest BCUT2D eigenvalue weighted by Gasteiger charge is 2.13. The van der Waals surface area contributed by atoms with Crippen LogP contribution in [0.3, 0.4) is 0 Å². The van der Waals surface area contributed by atoms with Gasteiger partial charge in [0.2, 0.25) is 0 Å². The second-order valence-electron chi connectivity index (χ2n) is 2.54. The predicted octanol–water partition coefficient (Wildman–Crippen LogP) is 0.0872. The average Bonchev–Trinajstić information content (AvgIpc) is 2.55. The highest BCUT2D eigenvalue weighted by atomic mass is 16.5. The van der Waals surface area contributed by atoms with Crippen molar-refractivity contribution >= 4 is 5.97 Å². The lowest BCUT2D eigenvalue weighted by atomic mass is 10.2. The van der Waals surface area contributed by atoms with E-state index >= 15 is 0 Å². The number of aromatic nitrogens is 3. The maximum absolute atomic E-state index is 11.0. The van der Waals surface area contributed by atoms with E-state index in [1.54, 1.807) is 17.9 Å². The van der Waals surface area contributed by atoms with Gasteiger partial charge in [0, 0.05) is 0 Å². The molecule has 0 bridgehead atoms. The monoisotopic (exact) mass is 169 g/mol. The van der Waals surface area contributed by atoms with Crippen LogP contribution in [0.5, 0.6) is 0 Å². The number of rotatable bonds is 3. The number of hydrogen-bond donors (Lipinski definition) is 0. The van der Waals surface area contributed by atoms with Gasteiger partial charge in [0.15, 0.2) is 0 Å². The lowest BCUT2D eigenvalue weighted by molar-refractivity contribution is -0.145. The normalized spacial score (nSPS) is 12.5.